The standard InChI is InChI=1S/C24H22Cl2N4O2S/c1-24(2,3)32-23(31)14-30(33-21-10-17(25)9-18(26)11-21)19-4-5-22-16(8-19)6-7-29(22)20-12-27-15-28-13-20/h4-13,15H,14H2,1-3H3. The van der Waals surface area contributed by atoms with Crippen LogP contribution in [0.3, 0.4) is 0 Å². The second-order valence-electron chi connectivity index (χ2n) is 8.35. The fourth-order valence-electron chi connectivity index (χ4n) is 3.30. The van der Waals surface area contributed by atoms with E-state index >= 15 is 0 Å². The monoisotopic (exact) mass is 500 g/mol. The van der Waals surface area contributed by atoms with E-state index in [2.05, 4.69) is 9.97 Å². The van der Waals surface area contributed by atoms with Crippen LogP contribution in [-0.2, 0) is 9.53 Å². The van der Waals surface area contributed by atoms with Crippen LogP contribution in [0.4, 0.5) is 5.69 Å². The van der Waals surface area contributed by atoms with E-state index < -0.39 is 5.60 Å². The lowest BCUT2D eigenvalue weighted by Crippen LogP contribution is -2.31. The van der Waals surface area contributed by atoms with Crippen molar-refractivity contribution in [2.45, 2.75) is 31.3 Å². The molecule has 0 atom stereocenters. The van der Waals surface area contributed by atoms with Gasteiger partial charge in [-0.3, -0.25) is 4.79 Å². The lowest BCUT2D eigenvalue weighted by molar-refractivity contribution is -0.152. The predicted octanol–water partition coefficient (Wildman–Crippen LogP) is 6.58. The number of carbonyl (C=O) groups excluding carboxylic acids is 1. The van der Waals surface area contributed by atoms with Gasteiger partial charge in [-0.25, -0.2) is 9.97 Å². The summed E-state index contributed by atoms with van der Waals surface area (Å²) >= 11 is 13.8. The molecule has 0 N–H and O–H groups in total. The molecule has 0 aliphatic heterocycles. The minimum absolute atomic E-state index is 0.0464. The number of halogens is 2. The maximum atomic E-state index is 12.7. The van der Waals surface area contributed by atoms with Crippen LogP contribution in [-0.4, -0.2) is 32.7 Å². The smallest absolute Gasteiger partial charge is 0.327 e. The van der Waals surface area contributed by atoms with Crippen molar-refractivity contribution in [3.63, 3.8) is 0 Å². The number of fused-ring (bicyclic) bond motifs is 1. The van der Waals surface area contributed by atoms with Gasteiger partial charge in [0, 0.05) is 32.2 Å². The Labute approximate surface area is 206 Å². The molecular weight excluding hydrogens is 479 g/mol. The summed E-state index contributed by atoms with van der Waals surface area (Å²) in [5.74, 6) is -0.331. The summed E-state index contributed by atoms with van der Waals surface area (Å²) in [6, 6.07) is 13.3. The van der Waals surface area contributed by atoms with Gasteiger partial charge in [0.15, 0.2) is 0 Å². The molecule has 0 bridgehead atoms. The van der Waals surface area contributed by atoms with Gasteiger partial charge in [0.25, 0.3) is 0 Å². The average molecular weight is 501 g/mol. The second-order valence-corrected chi connectivity index (χ2v) is 10.3. The zero-order valence-electron chi connectivity index (χ0n) is 18.3. The van der Waals surface area contributed by atoms with Gasteiger partial charge in [0.1, 0.15) is 18.5 Å². The molecule has 0 amide bonds. The van der Waals surface area contributed by atoms with Gasteiger partial charge >= 0.3 is 5.97 Å². The second kappa shape index (κ2) is 9.63. The van der Waals surface area contributed by atoms with Crippen molar-refractivity contribution < 1.29 is 9.53 Å². The average Bonchev–Trinajstić information content (AvgIpc) is 3.15. The zero-order valence-corrected chi connectivity index (χ0v) is 20.7. The number of esters is 1. The maximum absolute atomic E-state index is 12.7. The molecule has 2 aromatic carbocycles. The molecule has 0 aliphatic rings. The number of rotatable bonds is 6. The van der Waals surface area contributed by atoms with E-state index in [-0.39, 0.29) is 12.5 Å². The van der Waals surface area contributed by atoms with Crippen molar-refractivity contribution in [3.8, 4) is 5.69 Å². The van der Waals surface area contributed by atoms with Gasteiger partial charge < -0.3 is 13.6 Å². The third kappa shape index (κ3) is 5.99. The molecule has 0 unspecified atom stereocenters. The molecule has 6 nitrogen and oxygen atoms in total. The Hall–Kier alpha value is -2.74. The van der Waals surface area contributed by atoms with E-state index in [1.165, 1.54) is 18.3 Å². The topological polar surface area (TPSA) is 60.2 Å². The van der Waals surface area contributed by atoms with Gasteiger partial charge in [0.2, 0.25) is 0 Å². The number of hydrogen-bond donors (Lipinski definition) is 0. The van der Waals surface area contributed by atoms with E-state index in [1.807, 2.05) is 72.2 Å². The summed E-state index contributed by atoms with van der Waals surface area (Å²) in [6.45, 7) is 5.59. The van der Waals surface area contributed by atoms with Crippen molar-refractivity contribution in [1.29, 1.82) is 0 Å². The van der Waals surface area contributed by atoms with E-state index in [1.54, 1.807) is 18.5 Å². The summed E-state index contributed by atoms with van der Waals surface area (Å²) in [5.41, 5.74) is 2.14. The molecule has 0 spiro atoms. The number of carbonyl (C=O) groups is 1. The lowest BCUT2D eigenvalue weighted by atomic mass is 10.2. The van der Waals surface area contributed by atoms with Crippen LogP contribution in [0.25, 0.3) is 16.6 Å². The van der Waals surface area contributed by atoms with Crippen molar-refractivity contribution >= 4 is 57.7 Å². The van der Waals surface area contributed by atoms with Gasteiger partial charge in [-0.15, -0.1) is 0 Å². The number of nitrogens with zero attached hydrogens (tertiary/aromatic N) is 4. The van der Waals surface area contributed by atoms with Gasteiger partial charge in [-0.05, 0) is 75.2 Å². The third-order valence-corrected chi connectivity index (χ3v) is 5.97. The van der Waals surface area contributed by atoms with Crippen molar-refractivity contribution in [1.82, 2.24) is 14.5 Å². The minimum Gasteiger partial charge on any atom is -0.459 e. The number of hydrogen-bond acceptors (Lipinski definition) is 6. The highest BCUT2D eigenvalue weighted by Gasteiger charge is 2.21. The Morgan fingerprint density at radius 2 is 1.76 bits per heavy atom. The maximum Gasteiger partial charge on any atom is 0.327 e. The molecule has 170 valence electrons. The van der Waals surface area contributed by atoms with E-state index in [0.717, 1.165) is 27.2 Å². The quantitative estimate of drug-likeness (QED) is 0.220. The van der Waals surface area contributed by atoms with Crippen LogP contribution in [0, 0.1) is 0 Å². The highest BCUT2D eigenvalue weighted by atomic mass is 35.5. The van der Waals surface area contributed by atoms with E-state index in [9.17, 15) is 4.79 Å². The van der Waals surface area contributed by atoms with Crippen LogP contribution < -0.4 is 4.31 Å². The Balaban J connectivity index is 1.68. The van der Waals surface area contributed by atoms with Crippen LogP contribution in [0.5, 0.6) is 0 Å². The predicted molar refractivity (Wildman–Crippen MR) is 134 cm³/mol. The Kier molecular flexibility index (Phi) is 6.83. The highest BCUT2D eigenvalue weighted by molar-refractivity contribution is 8.00. The van der Waals surface area contributed by atoms with E-state index in [4.69, 9.17) is 27.9 Å². The lowest BCUT2D eigenvalue weighted by Gasteiger charge is -2.26. The molecule has 4 rings (SSSR count). The molecule has 2 aromatic heterocycles. The summed E-state index contributed by atoms with van der Waals surface area (Å²) in [4.78, 5) is 21.7. The molecule has 0 saturated carbocycles. The van der Waals surface area contributed by atoms with Crippen LogP contribution in [0.2, 0.25) is 10.0 Å². The fraction of sp³-hybridized carbons (Fsp3) is 0.208. The van der Waals surface area contributed by atoms with Crippen molar-refractivity contribution in [3.05, 3.63) is 77.4 Å². The normalized spacial score (nSPS) is 11.5. The van der Waals surface area contributed by atoms with Gasteiger partial charge in [-0.2, -0.15) is 0 Å². The summed E-state index contributed by atoms with van der Waals surface area (Å²) < 4.78 is 9.45. The van der Waals surface area contributed by atoms with Gasteiger partial charge in [0.05, 0.1) is 23.6 Å². The Bertz CT molecular complexity index is 1270. The highest BCUT2D eigenvalue weighted by Crippen LogP contribution is 2.34. The first kappa shape index (κ1) is 23.4. The van der Waals surface area contributed by atoms with Crippen molar-refractivity contribution in [2.24, 2.45) is 0 Å². The molecule has 4 aromatic rings. The molecular formula is C24H22Cl2N4O2S. The van der Waals surface area contributed by atoms with Crippen LogP contribution in [0.1, 0.15) is 20.8 Å². The first-order valence-electron chi connectivity index (χ1n) is 10.2. The molecule has 2 heterocycles. The largest absolute Gasteiger partial charge is 0.459 e. The summed E-state index contributed by atoms with van der Waals surface area (Å²) in [6.07, 6.45) is 6.98. The van der Waals surface area contributed by atoms with Crippen molar-refractivity contribution in [2.75, 3.05) is 10.8 Å². The molecule has 9 heteroatoms. The third-order valence-electron chi connectivity index (χ3n) is 4.53. The number of aromatic nitrogens is 3. The molecule has 0 fully saturated rings. The summed E-state index contributed by atoms with van der Waals surface area (Å²) in [5, 5.41) is 2.06. The van der Waals surface area contributed by atoms with Gasteiger partial charge in [-0.1, -0.05) is 23.2 Å². The fourth-order valence-corrected chi connectivity index (χ4v) is 4.96. The Morgan fingerprint density at radius 1 is 1.06 bits per heavy atom. The first-order valence-corrected chi connectivity index (χ1v) is 11.7. The minimum atomic E-state index is -0.578. The molecule has 0 radical (unpaired) electrons. The first-order chi connectivity index (χ1) is 15.7. The van der Waals surface area contributed by atoms with Crippen LogP contribution >= 0.6 is 35.1 Å². The van der Waals surface area contributed by atoms with Crippen LogP contribution in [0.15, 0.2) is 72.3 Å². The number of benzene rings is 2. The molecule has 33 heavy (non-hydrogen) atoms. The zero-order chi connectivity index (χ0) is 23.6. The molecule has 0 aliphatic carbocycles. The molecule has 0 saturated heterocycles. The SMILES string of the molecule is CC(C)(C)OC(=O)CN(Sc1cc(Cl)cc(Cl)c1)c1ccc2c(ccn2-c2cncnc2)c1. The summed E-state index contributed by atoms with van der Waals surface area (Å²) in [7, 11) is 0. The Morgan fingerprint density at radius 3 is 2.42 bits per heavy atom. The van der Waals surface area contributed by atoms with E-state index in [0.29, 0.717) is 10.0 Å². The number of anilines is 1. The number of ether oxygens (including phenoxy) is 1.